The third-order valence-electron chi connectivity index (χ3n) is 4.45. The van der Waals surface area contributed by atoms with Crippen LogP contribution in [0.2, 0.25) is 0 Å². The van der Waals surface area contributed by atoms with Gasteiger partial charge in [-0.2, -0.15) is 0 Å². The van der Waals surface area contributed by atoms with Crippen molar-refractivity contribution in [1.82, 2.24) is 0 Å². The maximum Gasteiger partial charge on any atom is 0.100 e. The third kappa shape index (κ3) is 12.7. The van der Waals surface area contributed by atoms with Gasteiger partial charge in [-0.05, 0) is 24.7 Å². The highest BCUT2D eigenvalue weighted by Crippen LogP contribution is 2.27. The molecule has 19 heavy (non-hydrogen) atoms. The van der Waals surface area contributed by atoms with Crippen LogP contribution in [0.4, 0.5) is 4.39 Å². The summed E-state index contributed by atoms with van der Waals surface area (Å²) >= 11 is 0. The Bertz CT molecular complexity index is 186. The summed E-state index contributed by atoms with van der Waals surface area (Å²) in [5.41, 5.74) is 0.502. The zero-order valence-corrected chi connectivity index (χ0v) is 13.9. The van der Waals surface area contributed by atoms with E-state index < -0.39 is 6.17 Å². The van der Waals surface area contributed by atoms with Crippen molar-refractivity contribution < 1.29 is 4.39 Å². The molecule has 0 aliphatic carbocycles. The molecule has 0 rings (SSSR count). The minimum atomic E-state index is -0.538. The van der Waals surface area contributed by atoms with E-state index in [1.54, 1.807) is 0 Å². The molecule has 0 aromatic rings. The molecule has 0 bridgehead atoms. The zero-order chi connectivity index (χ0) is 14.6. The summed E-state index contributed by atoms with van der Waals surface area (Å²) in [5, 5.41) is 0. The maximum atomic E-state index is 13.6. The molecule has 0 aliphatic rings. The van der Waals surface area contributed by atoms with Gasteiger partial charge in [-0.25, -0.2) is 4.39 Å². The first-order chi connectivity index (χ1) is 9.02. The summed E-state index contributed by atoms with van der Waals surface area (Å²) < 4.78 is 13.6. The molecule has 1 unspecified atom stereocenters. The first-order valence-electron chi connectivity index (χ1n) is 8.66. The van der Waals surface area contributed by atoms with Crippen LogP contribution >= 0.6 is 0 Å². The van der Waals surface area contributed by atoms with E-state index in [1.165, 1.54) is 51.4 Å². The molecule has 0 nitrogen and oxygen atoms in total. The average molecular weight is 272 g/mol. The lowest BCUT2D eigenvalue weighted by atomic mass is 9.84. The first kappa shape index (κ1) is 18.9. The number of halogens is 1. The van der Waals surface area contributed by atoms with E-state index in [2.05, 4.69) is 27.7 Å². The van der Waals surface area contributed by atoms with E-state index in [4.69, 9.17) is 0 Å². The summed E-state index contributed by atoms with van der Waals surface area (Å²) in [6.07, 6.45) is 13.3. The molecule has 0 fully saturated rings. The highest BCUT2D eigenvalue weighted by atomic mass is 19.1. The second-order valence-corrected chi connectivity index (χ2v) is 6.92. The largest absolute Gasteiger partial charge is 0.247 e. The lowest BCUT2D eigenvalue weighted by molar-refractivity contribution is 0.275. The van der Waals surface area contributed by atoms with Gasteiger partial charge in [0, 0.05) is 0 Å². The Morgan fingerprint density at radius 2 is 1.32 bits per heavy atom. The van der Waals surface area contributed by atoms with Crippen LogP contribution in [0.5, 0.6) is 0 Å². The molecule has 0 saturated heterocycles. The Morgan fingerprint density at radius 1 is 0.789 bits per heavy atom. The molecule has 0 spiro atoms. The molecule has 0 amide bonds. The summed E-state index contributed by atoms with van der Waals surface area (Å²) in [6.45, 7) is 9.17. The SMILES string of the molecule is CCCCCCC(F)CCCCCCC(C)(C)CC. The molecule has 0 aromatic carbocycles. The van der Waals surface area contributed by atoms with E-state index in [0.29, 0.717) is 5.41 Å². The lowest BCUT2D eigenvalue weighted by Gasteiger charge is -2.22. The highest BCUT2D eigenvalue weighted by molar-refractivity contribution is 4.66. The standard InChI is InChI=1S/C18H37F/c1-5-7-8-11-14-17(19)15-12-9-10-13-16-18(3,4)6-2/h17H,5-16H2,1-4H3. The summed E-state index contributed by atoms with van der Waals surface area (Å²) in [6, 6.07) is 0. The van der Waals surface area contributed by atoms with E-state index in [-0.39, 0.29) is 0 Å². The van der Waals surface area contributed by atoms with Crippen LogP contribution in [0.15, 0.2) is 0 Å². The molecular weight excluding hydrogens is 235 g/mol. The number of hydrogen-bond donors (Lipinski definition) is 0. The third-order valence-corrected chi connectivity index (χ3v) is 4.45. The van der Waals surface area contributed by atoms with Crippen LogP contribution < -0.4 is 0 Å². The minimum absolute atomic E-state index is 0.502. The van der Waals surface area contributed by atoms with Gasteiger partial charge in [-0.15, -0.1) is 0 Å². The highest BCUT2D eigenvalue weighted by Gasteiger charge is 2.13. The molecule has 0 saturated carbocycles. The first-order valence-corrected chi connectivity index (χ1v) is 8.66. The second-order valence-electron chi connectivity index (χ2n) is 6.92. The zero-order valence-electron chi connectivity index (χ0n) is 13.9. The van der Waals surface area contributed by atoms with E-state index >= 15 is 0 Å². The van der Waals surface area contributed by atoms with Crippen molar-refractivity contribution in [3.8, 4) is 0 Å². The molecule has 116 valence electrons. The van der Waals surface area contributed by atoms with Gasteiger partial charge >= 0.3 is 0 Å². The Kier molecular flexibility index (Phi) is 11.7. The van der Waals surface area contributed by atoms with E-state index in [9.17, 15) is 4.39 Å². The number of hydrogen-bond acceptors (Lipinski definition) is 0. The monoisotopic (exact) mass is 272 g/mol. The molecule has 0 heterocycles. The smallest absolute Gasteiger partial charge is 0.100 e. The van der Waals surface area contributed by atoms with Crippen LogP contribution in [-0.4, -0.2) is 6.17 Å². The minimum Gasteiger partial charge on any atom is -0.247 e. The topological polar surface area (TPSA) is 0 Å². The van der Waals surface area contributed by atoms with Crippen molar-refractivity contribution in [1.29, 1.82) is 0 Å². The Labute approximate surface area is 121 Å². The lowest BCUT2D eigenvalue weighted by Crippen LogP contribution is -2.08. The number of rotatable bonds is 13. The molecule has 0 aliphatic heterocycles. The molecule has 0 radical (unpaired) electrons. The molecular formula is C18H37F. The van der Waals surface area contributed by atoms with E-state index in [1.807, 2.05) is 0 Å². The van der Waals surface area contributed by atoms with Crippen molar-refractivity contribution in [3.05, 3.63) is 0 Å². The van der Waals surface area contributed by atoms with E-state index in [0.717, 1.165) is 25.7 Å². The van der Waals surface area contributed by atoms with Gasteiger partial charge in [0.25, 0.3) is 0 Å². The van der Waals surface area contributed by atoms with Gasteiger partial charge < -0.3 is 0 Å². The second kappa shape index (κ2) is 11.7. The van der Waals surface area contributed by atoms with Crippen LogP contribution in [0.3, 0.4) is 0 Å². The van der Waals surface area contributed by atoms with Crippen molar-refractivity contribution in [2.75, 3.05) is 0 Å². The van der Waals surface area contributed by atoms with Crippen LogP contribution in [-0.2, 0) is 0 Å². The summed E-state index contributed by atoms with van der Waals surface area (Å²) in [4.78, 5) is 0. The normalized spacial score (nSPS) is 13.7. The predicted octanol–water partition coefficient (Wildman–Crippen LogP) is 7.07. The number of alkyl halides is 1. The van der Waals surface area contributed by atoms with Gasteiger partial charge in [0.2, 0.25) is 0 Å². The molecule has 0 aromatic heterocycles. The van der Waals surface area contributed by atoms with Crippen LogP contribution in [0.25, 0.3) is 0 Å². The van der Waals surface area contributed by atoms with Crippen molar-refractivity contribution >= 4 is 0 Å². The van der Waals surface area contributed by atoms with Gasteiger partial charge in [0.1, 0.15) is 6.17 Å². The van der Waals surface area contributed by atoms with Crippen LogP contribution in [0.1, 0.15) is 105 Å². The van der Waals surface area contributed by atoms with Crippen molar-refractivity contribution in [2.45, 2.75) is 111 Å². The predicted molar refractivity (Wildman–Crippen MR) is 85.4 cm³/mol. The summed E-state index contributed by atoms with van der Waals surface area (Å²) in [5.74, 6) is 0. The van der Waals surface area contributed by atoms with Gasteiger partial charge in [-0.1, -0.05) is 85.5 Å². The Balaban J connectivity index is 3.29. The fourth-order valence-electron chi connectivity index (χ4n) is 2.44. The number of unbranched alkanes of at least 4 members (excludes halogenated alkanes) is 6. The maximum absolute atomic E-state index is 13.6. The van der Waals surface area contributed by atoms with Crippen molar-refractivity contribution in [3.63, 3.8) is 0 Å². The molecule has 1 heteroatoms. The average Bonchev–Trinajstić information content (AvgIpc) is 2.39. The Hall–Kier alpha value is -0.0700. The quantitative estimate of drug-likeness (QED) is 0.314. The van der Waals surface area contributed by atoms with Gasteiger partial charge in [-0.3, -0.25) is 0 Å². The molecule has 0 N–H and O–H groups in total. The Morgan fingerprint density at radius 3 is 1.84 bits per heavy atom. The van der Waals surface area contributed by atoms with Crippen molar-refractivity contribution in [2.24, 2.45) is 5.41 Å². The summed E-state index contributed by atoms with van der Waals surface area (Å²) in [7, 11) is 0. The fourth-order valence-corrected chi connectivity index (χ4v) is 2.44. The van der Waals surface area contributed by atoms with Gasteiger partial charge in [0.15, 0.2) is 0 Å². The van der Waals surface area contributed by atoms with Gasteiger partial charge in [0.05, 0.1) is 0 Å². The van der Waals surface area contributed by atoms with Crippen LogP contribution in [0, 0.1) is 5.41 Å². The fraction of sp³-hybridized carbons (Fsp3) is 1.00. The molecule has 1 atom stereocenters.